The molecule has 24 heavy (non-hydrogen) atoms. The Hall–Kier alpha value is -2.70. The van der Waals surface area contributed by atoms with Gasteiger partial charge in [0.2, 0.25) is 0 Å². The van der Waals surface area contributed by atoms with Gasteiger partial charge in [-0.15, -0.1) is 0 Å². The highest BCUT2D eigenvalue weighted by atomic mass is 16.1. The van der Waals surface area contributed by atoms with Crippen LogP contribution in [-0.2, 0) is 0 Å². The Morgan fingerprint density at radius 1 is 1.29 bits per heavy atom. The molecule has 0 spiro atoms. The van der Waals surface area contributed by atoms with Crippen LogP contribution in [0.25, 0.3) is 0 Å². The summed E-state index contributed by atoms with van der Waals surface area (Å²) in [5, 5.41) is 3.05. The quantitative estimate of drug-likeness (QED) is 0.886. The molecule has 0 aliphatic carbocycles. The van der Waals surface area contributed by atoms with Gasteiger partial charge in [-0.2, -0.15) is 0 Å². The number of aromatic nitrogens is 3. The zero-order chi connectivity index (χ0) is 17.1. The second kappa shape index (κ2) is 6.82. The summed E-state index contributed by atoms with van der Waals surface area (Å²) in [6, 6.07) is 3.77. The van der Waals surface area contributed by atoms with E-state index in [0.29, 0.717) is 11.3 Å². The lowest BCUT2D eigenvalue weighted by Gasteiger charge is -2.33. The number of rotatable bonds is 3. The third-order valence-electron chi connectivity index (χ3n) is 4.21. The summed E-state index contributed by atoms with van der Waals surface area (Å²) >= 11 is 0. The first kappa shape index (κ1) is 16.2. The van der Waals surface area contributed by atoms with Crippen LogP contribution in [0, 0.1) is 13.8 Å². The third kappa shape index (κ3) is 3.61. The Kier molecular flexibility index (Phi) is 4.59. The summed E-state index contributed by atoms with van der Waals surface area (Å²) in [7, 11) is 0. The summed E-state index contributed by atoms with van der Waals surface area (Å²) in [6.07, 6.45) is 4.82. The molecular formula is C17H22N6O. The summed E-state index contributed by atoms with van der Waals surface area (Å²) < 4.78 is 0. The number of hydrogen-bond acceptors (Lipinski definition) is 6. The Bertz CT molecular complexity index is 719. The van der Waals surface area contributed by atoms with Crippen LogP contribution in [0.1, 0.15) is 34.7 Å². The van der Waals surface area contributed by atoms with Gasteiger partial charge in [-0.3, -0.25) is 9.78 Å². The average Bonchev–Trinajstić information content (AvgIpc) is 2.55. The maximum atomic E-state index is 12.3. The molecule has 126 valence electrons. The lowest BCUT2D eigenvalue weighted by molar-refractivity contribution is 0.0931. The van der Waals surface area contributed by atoms with E-state index in [-0.39, 0.29) is 11.9 Å². The lowest BCUT2D eigenvalue weighted by atomic mass is 10.0. The van der Waals surface area contributed by atoms with Crippen LogP contribution in [0.2, 0.25) is 0 Å². The smallest absolute Gasteiger partial charge is 0.255 e. The predicted molar refractivity (Wildman–Crippen MR) is 92.9 cm³/mol. The monoisotopic (exact) mass is 326 g/mol. The molecule has 3 heterocycles. The number of hydrogen-bond donors (Lipinski definition) is 2. The van der Waals surface area contributed by atoms with Crippen molar-refractivity contribution in [1.29, 1.82) is 0 Å². The van der Waals surface area contributed by atoms with Crippen molar-refractivity contribution in [2.45, 2.75) is 32.7 Å². The molecule has 0 aromatic carbocycles. The Morgan fingerprint density at radius 3 is 2.71 bits per heavy atom. The number of amides is 1. The van der Waals surface area contributed by atoms with Gasteiger partial charge in [-0.25, -0.2) is 9.97 Å². The number of nitrogen functional groups attached to an aromatic ring is 1. The number of aryl methyl sites for hydroxylation is 2. The SMILES string of the molecule is Cc1cc(N2CCC(NC(=O)c3cnccc3N)CC2)nc(C)n1. The zero-order valence-corrected chi connectivity index (χ0v) is 14.0. The Balaban J connectivity index is 1.59. The van der Waals surface area contributed by atoms with Crippen molar-refractivity contribution in [1.82, 2.24) is 20.3 Å². The largest absolute Gasteiger partial charge is 0.398 e. The van der Waals surface area contributed by atoms with E-state index in [0.717, 1.165) is 43.3 Å². The summed E-state index contributed by atoms with van der Waals surface area (Å²) in [6.45, 7) is 5.58. The van der Waals surface area contributed by atoms with Crippen LogP contribution in [0.4, 0.5) is 11.5 Å². The molecule has 0 bridgehead atoms. The molecule has 1 aliphatic rings. The fraction of sp³-hybridized carbons (Fsp3) is 0.412. The zero-order valence-electron chi connectivity index (χ0n) is 14.0. The second-order valence-corrected chi connectivity index (χ2v) is 6.11. The summed E-state index contributed by atoms with van der Waals surface area (Å²) in [5.41, 5.74) is 7.69. The van der Waals surface area contributed by atoms with Gasteiger partial charge in [-0.1, -0.05) is 0 Å². The minimum atomic E-state index is -0.159. The average molecular weight is 326 g/mol. The van der Waals surface area contributed by atoms with Crippen molar-refractivity contribution in [3.8, 4) is 0 Å². The van der Waals surface area contributed by atoms with Crippen LogP contribution < -0.4 is 16.0 Å². The molecule has 7 nitrogen and oxygen atoms in total. The van der Waals surface area contributed by atoms with E-state index >= 15 is 0 Å². The molecule has 0 atom stereocenters. The lowest BCUT2D eigenvalue weighted by Crippen LogP contribution is -2.45. The van der Waals surface area contributed by atoms with Gasteiger partial charge in [0, 0.05) is 49.0 Å². The topological polar surface area (TPSA) is 97.0 Å². The minimum absolute atomic E-state index is 0.136. The third-order valence-corrected chi connectivity index (χ3v) is 4.21. The molecule has 2 aromatic heterocycles. The van der Waals surface area contributed by atoms with Crippen LogP contribution in [0.15, 0.2) is 24.5 Å². The molecule has 1 aliphatic heterocycles. The molecule has 0 radical (unpaired) electrons. The highest BCUT2D eigenvalue weighted by Crippen LogP contribution is 2.19. The summed E-state index contributed by atoms with van der Waals surface area (Å²) in [5.74, 6) is 1.58. The van der Waals surface area contributed by atoms with Crippen molar-refractivity contribution in [3.63, 3.8) is 0 Å². The number of nitrogens with two attached hydrogens (primary N) is 1. The number of nitrogens with one attached hydrogen (secondary N) is 1. The van der Waals surface area contributed by atoms with Crippen LogP contribution in [0.5, 0.6) is 0 Å². The molecule has 1 amide bonds. The summed E-state index contributed by atoms with van der Waals surface area (Å²) in [4.78, 5) is 27.3. The number of carbonyl (C=O) groups excluding carboxylic acids is 1. The van der Waals surface area contributed by atoms with E-state index in [4.69, 9.17) is 5.73 Å². The number of carbonyl (C=O) groups is 1. The highest BCUT2D eigenvalue weighted by molar-refractivity contribution is 5.98. The molecule has 3 rings (SSSR count). The van der Waals surface area contributed by atoms with Gasteiger partial charge >= 0.3 is 0 Å². The van der Waals surface area contributed by atoms with E-state index < -0.39 is 0 Å². The first-order chi connectivity index (χ1) is 11.5. The number of pyridine rings is 1. The van der Waals surface area contributed by atoms with Crippen molar-refractivity contribution in [2.75, 3.05) is 23.7 Å². The predicted octanol–water partition coefficient (Wildman–Crippen LogP) is 1.47. The van der Waals surface area contributed by atoms with Crippen LogP contribution in [0.3, 0.4) is 0 Å². The van der Waals surface area contributed by atoms with Gasteiger partial charge < -0.3 is 16.0 Å². The molecule has 3 N–H and O–H groups in total. The van der Waals surface area contributed by atoms with Gasteiger partial charge in [0.05, 0.1) is 5.56 Å². The van der Waals surface area contributed by atoms with Crippen molar-refractivity contribution in [2.24, 2.45) is 0 Å². The normalized spacial score (nSPS) is 15.3. The van der Waals surface area contributed by atoms with Crippen molar-refractivity contribution in [3.05, 3.63) is 41.6 Å². The Labute approximate surface area is 141 Å². The number of nitrogens with zero attached hydrogens (tertiary/aromatic N) is 4. The fourth-order valence-electron chi connectivity index (χ4n) is 2.97. The molecule has 7 heteroatoms. The van der Waals surface area contributed by atoms with Crippen molar-refractivity contribution < 1.29 is 4.79 Å². The first-order valence-electron chi connectivity index (χ1n) is 8.10. The molecular weight excluding hydrogens is 304 g/mol. The van der Waals surface area contributed by atoms with E-state index in [1.165, 1.54) is 6.20 Å². The van der Waals surface area contributed by atoms with E-state index in [2.05, 4.69) is 25.2 Å². The van der Waals surface area contributed by atoms with E-state index in [1.807, 2.05) is 19.9 Å². The number of anilines is 2. The van der Waals surface area contributed by atoms with Gasteiger partial charge in [0.15, 0.2) is 0 Å². The highest BCUT2D eigenvalue weighted by Gasteiger charge is 2.23. The fourth-order valence-corrected chi connectivity index (χ4v) is 2.97. The molecule has 1 fully saturated rings. The number of piperidine rings is 1. The van der Waals surface area contributed by atoms with Crippen LogP contribution >= 0.6 is 0 Å². The molecule has 1 saturated heterocycles. The minimum Gasteiger partial charge on any atom is -0.398 e. The standard InChI is InChI=1S/C17H22N6O/c1-11-9-16(21-12(2)20-11)23-7-4-13(5-8-23)22-17(24)14-10-19-6-3-15(14)18/h3,6,9-10,13H,4-5,7-8H2,1-2H3,(H2,18,19)(H,22,24). The van der Waals surface area contributed by atoms with Crippen LogP contribution in [-0.4, -0.2) is 40.0 Å². The molecule has 0 saturated carbocycles. The second-order valence-electron chi connectivity index (χ2n) is 6.11. The Morgan fingerprint density at radius 2 is 2.04 bits per heavy atom. The van der Waals surface area contributed by atoms with Gasteiger partial charge in [-0.05, 0) is 32.8 Å². The maximum absolute atomic E-state index is 12.3. The van der Waals surface area contributed by atoms with Gasteiger partial charge in [0.1, 0.15) is 11.6 Å². The molecule has 2 aromatic rings. The van der Waals surface area contributed by atoms with E-state index in [9.17, 15) is 4.79 Å². The first-order valence-corrected chi connectivity index (χ1v) is 8.10. The molecule has 0 unspecified atom stereocenters. The van der Waals surface area contributed by atoms with E-state index in [1.54, 1.807) is 12.3 Å². The van der Waals surface area contributed by atoms with Gasteiger partial charge in [0.25, 0.3) is 5.91 Å². The maximum Gasteiger partial charge on any atom is 0.255 e. The van der Waals surface area contributed by atoms with Crippen molar-refractivity contribution >= 4 is 17.4 Å².